The molecule has 20 heavy (non-hydrogen) atoms. The van der Waals surface area contributed by atoms with Gasteiger partial charge in [-0.2, -0.15) is 5.10 Å². The van der Waals surface area contributed by atoms with Gasteiger partial charge in [-0.05, 0) is 33.1 Å². The second-order valence-electron chi connectivity index (χ2n) is 5.93. The van der Waals surface area contributed by atoms with E-state index in [1.165, 1.54) is 0 Å². The van der Waals surface area contributed by atoms with E-state index in [1.54, 1.807) is 4.68 Å². The van der Waals surface area contributed by atoms with Crippen LogP contribution in [0.15, 0.2) is 12.4 Å². The van der Waals surface area contributed by atoms with Gasteiger partial charge in [0.2, 0.25) is 0 Å². The Morgan fingerprint density at radius 2 is 2.10 bits per heavy atom. The molecule has 114 valence electrons. The molecule has 2 N–H and O–H groups in total. The minimum atomic E-state index is -0.0869. The fourth-order valence-corrected chi connectivity index (χ4v) is 2.89. The van der Waals surface area contributed by atoms with Gasteiger partial charge in [0.25, 0.3) is 0 Å². The van der Waals surface area contributed by atoms with E-state index in [1.807, 2.05) is 19.4 Å². The number of hydrogen-bond acceptors (Lipinski definition) is 4. The van der Waals surface area contributed by atoms with Crippen molar-refractivity contribution in [2.24, 2.45) is 12.8 Å². The summed E-state index contributed by atoms with van der Waals surface area (Å²) in [6.07, 6.45) is 7.20. The number of rotatable bonds is 5. The average Bonchev–Trinajstić information content (AvgIpc) is 2.80. The second kappa shape index (κ2) is 6.70. The molecule has 1 aromatic heterocycles. The fraction of sp³-hybridized carbons (Fsp3) is 0.800. The highest BCUT2D eigenvalue weighted by atomic mass is 16.5. The predicted molar refractivity (Wildman–Crippen MR) is 78.3 cm³/mol. The number of hydrogen-bond donors (Lipinski definition) is 1. The van der Waals surface area contributed by atoms with Crippen molar-refractivity contribution in [3.05, 3.63) is 18.0 Å². The van der Waals surface area contributed by atoms with Crippen molar-refractivity contribution in [1.29, 1.82) is 0 Å². The topological polar surface area (TPSA) is 62.3 Å². The summed E-state index contributed by atoms with van der Waals surface area (Å²) in [6.45, 7) is 6.29. The molecule has 0 saturated carbocycles. The molecule has 0 radical (unpaired) electrons. The summed E-state index contributed by atoms with van der Waals surface area (Å²) in [6, 6.07) is -0.00680. The van der Waals surface area contributed by atoms with Gasteiger partial charge in [-0.25, -0.2) is 0 Å². The van der Waals surface area contributed by atoms with Gasteiger partial charge < -0.3 is 15.2 Å². The molecule has 4 unspecified atom stereocenters. The Balaban J connectivity index is 2.08. The van der Waals surface area contributed by atoms with E-state index in [0.717, 1.165) is 24.8 Å². The molecule has 0 amide bonds. The van der Waals surface area contributed by atoms with Crippen molar-refractivity contribution in [3.8, 4) is 0 Å². The van der Waals surface area contributed by atoms with Crippen LogP contribution < -0.4 is 5.73 Å². The zero-order valence-corrected chi connectivity index (χ0v) is 13.0. The highest BCUT2D eigenvalue weighted by molar-refractivity contribution is 5.11. The monoisotopic (exact) mass is 281 g/mol. The maximum atomic E-state index is 6.33. The SMILES string of the molecule is CCC(N)C(OC1CC(C)OC(C)C1)c1cnn(C)c1. The Bertz CT molecular complexity index is 411. The first-order valence-corrected chi connectivity index (χ1v) is 7.54. The molecule has 5 nitrogen and oxygen atoms in total. The molecule has 1 aliphatic rings. The van der Waals surface area contributed by atoms with Crippen LogP contribution in [0.5, 0.6) is 0 Å². The van der Waals surface area contributed by atoms with Crippen molar-refractivity contribution in [3.63, 3.8) is 0 Å². The van der Waals surface area contributed by atoms with Gasteiger partial charge in [0.05, 0.1) is 24.5 Å². The number of aromatic nitrogens is 2. The maximum Gasteiger partial charge on any atom is 0.101 e. The third-order valence-corrected chi connectivity index (χ3v) is 3.91. The van der Waals surface area contributed by atoms with E-state index >= 15 is 0 Å². The molecule has 0 bridgehead atoms. The molecule has 1 saturated heterocycles. The summed E-state index contributed by atoms with van der Waals surface area (Å²) in [4.78, 5) is 0. The molecule has 0 aromatic carbocycles. The first-order chi connectivity index (χ1) is 9.49. The molecule has 1 fully saturated rings. The molecule has 1 aliphatic heterocycles. The van der Waals surface area contributed by atoms with Crippen LogP contribution in [0.3, 0.4) is 0 Å². The van der Waals surface area contributed by atoms with Gasteiger partial charge in [0.1, 0.15) is 6.10 Å². The summed E-state index contributed by atoms with van der Waals surface area (Å²) in [7, 11) is 1.91. The van der Waals surface area contributed by atoms with Gasteiger partial charge >= 0.3 is 0 Å². The van der Waals surface area contributed by atoms with Crippen molar-refractivity contribution in [2.75, 3.05) is 0 Å². The summed E-state index contributed by atoms with van der Waals surface area (Å²) >= 11 is 0. The molecule has 0 aliphatic carbocycles. The molecule has 2 heterocycles. The summed E-state index contributed by atoms with van der Waals surface area (Å²) < 4.78 is 13.9. The lowest BCUT2D eigenvalue weighted by molar-refractivity contribution is -0.127. The third-order valence-electron chi connectivity index (χ3n) is 3.91. The van der Waals surface area contributed by atoms with Gasteiger partial charge in [-0.3, -0.25) is 4.68 Å². The van der Waals surface area contributed by atoms with Crippen molar-refractivity contribution in [1.82, 2.24) is 9.78 Å². The Morgan fingerprint density at radius 1 is 1.45 bits per heavy atom. The number of aryl methyl sites for hydroxylation is 1. The van der Waals surface area contributed by atoms with Crippen molar-refractivity contribution >= 4 is 0 Å². The largest absolute Gasteiger partial charge is 0.375 e. The van der Waals surface area contributed by atoms with E-state index in [4.69, 9.17) is 15.2 Å². The Kier molecular flexibility index (Phi) is 5.18. The van der Waals surface area contributed by atoms with Crippen LogP contribution in [0.2, 0.25) is 0 Å². The van der Waals surface area contributed by atoms with E-state index in [-0.39, 0.29) is 30.5 Å². The Hall–Kier alpha value is -0.910. The van der Waals surface area contributed by atoms with Crippen LogP contribution in [-0.4, -0.2) is 34.1 Å². The first kappa shape index (κ1) is 15.5. The number of ether oxygens (including phenoxy) is 2. The number of nitrogens with two attached hydrogens (primary N) is 1. The average molecular weight is 281 g/mol. The van der Waals surface area contributed by atoms with Crippen molar-refractivity contribution < 1.29 is 9.47 Å². The zero-order valence-electron chi connectivity index (χ0n) is 13.0. The van der Waals surface area contributed by atoms with Gasteiger partial charge in [0.15, 0.2) is 0 Å². The lowest BCUT2D eigenvalue weighted by Crippen LogP contribution is -2.38. The first-order valence-electron chi connectivity index (χ1n) is 7.54. The summed E-state index contributed by atoms with van der Waals surface area (Å²) in [5, 5.41) is 4.23. The molecular formula is C15H27N3O2. The highest BCUT2D eigenvalue weighted by Crippen LogP contribution is 2.29. The lowest BCUT2D eigenvalue weighted by Gasteiger charge is -2.35. The normalized spacial score (nSPS) is 30.1. The van der Waals surface area contributed by atoms with E-state index in [9.17, 15) is 0 Å². The standard InChI is InChI=1S/C15H27N3O2/c1-5-14(16)15(12-8-17-18(4)9-12)20-13-6-10(2)19-11(3)7-13/h8-11,13-15H,5-7,16H2,1-4H3. The van der Waals surface area contributed by atoms with Crippen LogP contribution >= 0.6 is 0 Å². The van der Waals surface area contributed by atoms with Gasteiger partial charge in [-0.1, -0.05) is 6.92 Å². The minimum Gasteiger partial charge on any atom is -0.375 e. The van der Waals surface area contributed by atoms with Crippen LogP contribution in [0.1, 0.15) is 51.7 Å². The smallest absolute Gasteiger partial charge is 0.101 e. The van der Waals surface area contributed by atoms with Crippen LogP contribution in [0.4, 0.5) is 0 Å². The van der Waals surface area contributed by atoms with Crippen LogP contribution in [-0.2, 0) is 16.5 Å². The second-order valence-corrected chi connectivity index (χ2v) is 5.93. The van der Waals surface area contributed by atoms with E-state index in [2.05, 4.69) is 25.9 Å². The Labute approximate surface area is 121 Å². The third kappa shape index (κ3) is 3.81. The summed E-state index contributed by atoms with van der Waals surface area (Å²) in [5.41, 5.74) is 7.32. The highest BCUT2D eigenvalue weighted by Gasteiger charge is 2.30. The maximum absolute atomic E-state index is 6.33. The summed E-state index contributed by atoms with van der Waals surface area (Å²) in [5.74, 6) is 0. The lowest BCUT2D eigenvalue weighted by atomic mass is 9.99. The van der Waals surface area contributed by atoms with Gasteiger partial charge in [0, 0.05) is 24.8 Å². The van der Waals surface area contributed by atoms with Crippen molar-refractivity contribution in [2.45, 2.75) is 70.5 Å². The number of nitrogens with zero attached hydrogens (tertiary/aromatic N) is 2. The van der Waals surface area contributed by atoms with Crippen LogP contribution in [0.25, 0.3) is 0 Å². The molecule has 2 rings (SSSR count). The molecule has 1 aromatic rings. The fourth-order valence-electron chi connectivity index (χ4n) is 2.89. The zero-order chi connectivity index (χ0) is 14.7. The van der Waals surface area contributed by atoms with E-state index < -0.39 is 0 Å². The minimum absolute atomic E-state index is 0.00680. The molecular weight excluding hydrogens is 254 g/mol. The molecule has 0 spiro atoms. The predicted octanol–water partition coefficient (Wildman–Crippen LogP) is 2.17. The van der Waals surface area contributed by atoms with Gasteiger partial charge in [-0.15, -0.1) is 0 Å². The molecule has 5 heteroatoms. The van der Waals surface area contributed by atoms with Crippen LogP contribution in [0, 0.1) is 0 Å². The quantitative estimate of drug-likeness (QED) is 0.898. The molecule has 4 atom stereocenters. The van der Waals surface area contributed by atoms with E-state index in [0.29, 0.717) is 0 Å². The Morgan fingerprint density at radius 3 is 2.60 bits per heavy atom.